The first-order valence-electron chi connectivity index (χ1n) is 6.78. The summed E-state index contributed by atoms with van der Waals surface area (Å²) in [6, 6.07) is -0.379. The molecule has 18 heavy (non-hydrogen) atoms. The minimum atomic E-state index is -0.898. The zero-order valence-corrected chi connectivity index (χ0v) is 11.2. The van der Waals surface area contributed by atoms with Gasteiger partial charge >= 0.3 is 12.0 Å². The van der Waals surface area contributed by atoms with Gasteiger partial charge in [0.2, 0.25) is 0 Å². The fourth-order valence-electron chi connectivity index (χ4n) is 2.45. The second-order valence-electron chi connectivity index (χ2n) is 5.34. The Balaban J connectivity index is 2.35. The standard InChI is InChI=1S/C13H24N2O3/c1-9-6-4-3-5-7-11(9)15-13(18)14-10(2)8-12(16)17/h9-11H,3-8H2,1-2H3,(H,16,17)(H2,14,15,18). The highest BCUT2D eigenvalue weighted by atomic mass is 16.4. The molecule has 5 nitrogen and oxygen atoms in total. The summed E-state index contributed by atoms with van der Waals surface area (Å²) in [6.45, 7) is 3.86. The van der Waals surface area contributed by atoms with Crippen molar-refractivity contribution in [1.29, 1.82) is 0 Å². The van der Waals surface area contributed by atoms with E-state index < -0.39 is 5.97 Å². The molecule has 1 rings (SSSR count). The summed E-state index contributed by atoms with van der Waals surface area (Å²) < 4.78 is 0. The fraction of sp³-hybridized carbons (Fsp3) is 0.846. The van der Waals surface area contributed by atoms with Gasteiger partial charge in [0.1, 0.15) is 0 Å². The zero-order valence-electron chi connectivity index (χ0n) is 11.2. The number of rotatable bonds is 4. The van der Waals surface area contributed by atoms with Crippen molar-refractivity contribution < 1.29 is 14.7 Å². The smallest absolute Gasteiger partial charge is 0.315 e. The van der Waals surface area contributed by atoms with Gasteiger partial charge in [-0.05, 0) is 25.7 Å². The fourth-order valence-corrected chi connectivity index (χ4v) is 2.45. The average molecular weight is 256 g/mol. The number of aliphatic carboxylic acids is 1. The maximum absolute atomic E-state index is 11.7. The summed E-state index contributed by atoms with van der Waals surface area (Å²) in [4.78, 5) is 22.3. The molecule has 0 bridgehead atoms. The van der Waals surface area contributed by atoms with Crippen LogP contribution in [-0.2, 0) is 4.79 Å². The first-order valence-corrected chi connectivity index (χ1v) is 6.78. The molecule has 3 unspecified atom stereocenters. The van der Waals surface area contributed by atoms with Crippen LogP contribution in [0, 0.1) is 5.92 Å². The number of carbonyl (C=O) groups excluding carboxylic acids is 1. The molecule has 0 saturated heterocycles. The number of carboxylic acids is 1. The van der Waals surface area contributed by atoms with E-state index in [-0.39, 0.29) is 24.5 Å². The molecule has 0 heterocycles. The molecule has 5 heteroatoms. The predicted molar refractivity (Wildman–Crippen MR) is 69.4 cm³/mol. The molecule has 1 fully saturated rings. The van der Waals surface area contributed by atoms with Gasteiger partial charge in [0, 0.05) is 12.1 Å². The van der Waals surface area contributed by atoms with Gasteiger partial charge in [-0.3, -0.25) is 4.79 Å². The van der Waals surface area contributed by atoms with Gasteiger partial charge in [-0.25, -0.2) is 4.79 Å². The van der Waals surface area contributed by atoms with Crippen molar-refractivity contribution in [3.05, 3.63) is 0 Å². The van der Waals surface area contributed by atoms with Crippen molar-refractivity contribution in [3.8, 4) is 0 Å². The van der Waals surface area contributed by atoms with Crippen LogP contribution in [0.3, 0.4) is 0 Å². The van der Waals surface area contributed by atoms with Crippen LogP contribution in [0.1, 0.15) is 52.4 Å². The molecule has 0 spiro atoms. The SMILES string of the molecule is CC(CC(=O)O)NC(=O)NC1CCCCCC1C. The second-order valence-corrected chi connectivity index (χ2v) is 5.34. The molecule has 0 radical (unpaired) electrons. The lowest BCUT2D eigenvalue weighted by Gasteiger charge is -2.24. The molecule has 3 atom stereocenters. The van der Waals surface area contributed by atoms with Gasteiger partial charge in [0.15, 0.2) is 0 Å². The highest BCUT2D eigenvalue weighted by molar-refractivity contribution is 5.75. The van der Waals surface area contributed by atoms with Crippen molar-refractivity contribution >= 4 is 12.0 Å². The third-order valence-electron chi connectivity index (χ3n) is 3.54. The number of urea groups is 1. The Kier molecular flexibility index (Phi) is 5.95. The summed E-state index contributed by atoms with van der Waals surface area (Å²) in [5, 5.41) is 14.3. The van der Waals surface area contributed by atoms with Gasteiger partial charge in [-0.2, -0.15) is 0 Å². The van der Waals surface area contributed by atoms with E-state index in [0.29, 0.717) is 5.92 Å². The molecule has 0 aromatic carbocycles. The lowest BCUT2D eigenvalue weighted by Crippen LogP contribution is -2.47. The van der Waals surface area contributed by atoms with Gasteiger partial charge in [0.25, 0.3) is 0 Å². The van der Waals surface area contributed by atoms with Gasteiger partial charge in [-0.1, -0.05) is 26.2 Å². The normalized spacial score (nSPS) is 25.9. The van der Waals surface area contributed by atoms with Crippen LogP contribution in [0.25, 0.3) is 0 Å². The van der Waals surface area contributed by atoms with E-state index in [1.807, 2.05) is 0 Å². The molecule has 0 aromatic rings. The van der Waals surface area contributed by atoms with Crippen LogP contribution in [0.5, 0.6) is 0 Å². The molecular formula is C13H24N2O3. The van der Waals surface area contributed by atoms with E-state index in [1.54, 1.807) is 6.92 Å². The Bertz CT molecular complexity index is 294. The quantitative estimate of drug-likeness (QED) is 0.674. The van der Waals surface area contributed by atoms with Crippen molar-refractivity contribution in [2.24, 2.45) is 5.92 Å². The van der Waals surface area contributed by atoms with Crippen molar-refractivity contribution in [1.82, 2.24) is 10.6 Å². The minimum Gasteiger partial charge on any atom is -0.481 e. The lowest BCUT2D eigenvalue weighted by atomic mass is 9.97. The summed E-state index contributed by atoms with van der Waals surface area (Å²) in [5.74, 6) is -0.404. The van der Waals surface area contributed by atoms with Crippen LogP contribution in [0.4, 0.5) is 4.79 Å². The van der Waals surface area contributed by atoms with Gasteiger partial charge < -0.3 is 15.7 Å². The van der Waals surface area contributed by atoms with Gasteiger partial charge in [0.05, 0.1) is 6.42 Å². The van der Waals surface area contributed by atoms with Crippen LogP contribution in [-0.4, -0.2) is 29.2 Å². The maximum Gasteiger partial charge on any atom is 0.315 e. The van der Waals surface area contributed by atoms with Crippen LogP contribution in [0.15, 0.2) is 0 Å². The Labute approximate surface area is 108 Å². The van der Waals surface area contributed by atoms with Crippen molar-refractivity contribution in [3.63, 3.8) is 0 Å². The molecule has 0 aliphatic heterocycles. The van der Waals surface area contributed by atoms with Crippen LogP contribution >= 0.6 is 0 Å². The average Bonchev–Trinajstić information content (AvgIpc) is 2.43. The molecule has 1 saturated carbocycles. The highest BCUT2D eigenvalue weighted by Gasteiger charge is 2.22. The number of hydrogen-bond acceptors (Lipinski definition) is 2. The summed E-state index contributed by atoms with van der Waals surface area (Å²) >= 11 is 0. The first-order chi connectivity index (χ1) is 8.49. The van der Waals surface area contributed by atoms with E-state index in [1.165, 1.54) is 12.8 Å². The minimum absolute atomic E-state index is 0.0480. The maximum atomic E-state index is 11.7. The first kappa shape index (κ1) is 14.8. The van der Waals surface area contributed by atoms with Gasteiger partial charge in [-0.15, -0.1) is 0 Å². The van der Waals surface area contributed by atoms with E-state index >= 15 is 0 Å². The Morgan fingerprint density at radius 2 is 1.94 bits per heavy atom. The number of carbonyl (C=O) groups is 2. The van der Waals surface area contributed by atoms with Crippen molar-refractivity contribution in [2.75, 3.05) is 0 Å². The van der Waals surface area contributed by atoms with E-state index in [2.05, 4.69) is 17.6 Å². The Morgan fingerprint density at radius 1 is 1.28 bits per heavy atom. The summed E-state index contributed by atoms with van der Waals surface area (Å²) in [7, 11) is 0. The third kappa shape index (κ3) is 5.38. The molecule has 2 amide bonds. The number of hydrogen-bond donors (Lipinski definition) is 3. The lowest BCUT2D eigenvalue weighted by molar-refractivity contribution is -0.137. The second kappa shape index (κ2) is 7.24. The molecule has 0 aromatic heterocycles. The molecular weight excluding hydrogens is 232 g/mol. The molecule has 1 aliphatic rings. The third-order valence-corrected chi connectivity index (χ3v) is 3.54. The Morgan fingerprint density at radius 3 is 2.61 bits per heavy atom. The van der Waals surface area contributed by atoms with E-state index in [9.17, 15) is 9.59 Å². The van der Waals surface area contributed by atoms with Crippen LogP contribution < -0.4 is 10.6 Å². The largest absolute Gasteiger partial charge is 0.481 e. The monoisotopic (exact) mass is 256 g/mol. The van der Waals surface area contributed by atoms with Crippen LogP contribution in [0.2, 0.25) is 0 Å². The number of nitrogens with one attached hydrogen (secondary N) is 2. The molecule has 104 valence electrons. The Hall–Kier alpha value is -1.26. The molecule has 3 N–H and O–H groups in total. The number of carboxylic acid groups (broad SMARTS) is 1. The highest BCUT2D eigenvalue weighted by Crippen LogP contribution is 2.22. The van der Waals surface area contributed by atoms with E-state index in [0.717, 1.165) is 19.3 Å². The number of amides is 2. The molecule has 1 aliphatic carbocycles. The summed E-state index contributed by atoms with van der Waals surface area (Å²) in [5.41, 5.74) is 0. The topological polar surface area (TPSA) is 78.4 Å². The predicted octanol–water partition coefficient (Wildman–Crippen LogP) is 2.12. The summed E-state index contributed by atoms with van der Waals surface area (Å²) in [6.07, 6.45) is 5.74. The van der Waals surface area contributed by atoms with E-state index in [4.69, 9.17) is 5.11 Å². The van der Waals surface area contributed by atoms with Crippen molar-refractivity contribution in [2.45, 2.75) is 64.5 Å². The zero-order chi connectivity index (χ0) is 13.5.